The van der Waals surface area contributed by atoms with E-state index in [0.29, 0.717) is 17.1 Å². The van der Waals surface area contributed by atoms with Crippen molar-refractivity contribution >= 4 is 11.7 Å². The lowest BCUT2D eigenvalue weighted by molar-refractivity contribution is 0.100. The number of nitrogens with two attached hydrogens (primary N) is 1. The Hall–Kier alpha value is -3.32. The standard InChI is InChI=1S/C19H18N4O2.C5H11N/c20-18(24)16-17(22-23-12-4-11-21-19(16)23)13-7-9-15(10-8-13)25-14-5-2-1-3-6-14;1-2-4-6-5-3-1/h1-3,5-10,21H,4,11-12H2,(H2,20,24);6H,1-5H2. The Balaban J connectivity index is 0.000000334. The molecule has 0 bridgehead atoms. The number of para-hydroxylation sites is 1. The zero-order valence-corrected chi connectivity index (χ0v) is 17.6. The highest BCUT2D eigenvalue weighted by atomic mass is 16.5. The number of rotatable bonds is 4. The molecule has 0 saturated carbocycles. The van der Waals surface area contributed by atoms with Crippen LogP contribution in [0.5, 0.6) is 11.5 Å². The quantitative estimate of drug-likeness (QED) is 0.594. The third-order valence-electron chi connectivity index (χ3n) is 5.35. The van der Waals surface area contributed by atoms with Crippen LogP contribution in [0, 0.1) is 0 Å². The van der Waals surface area contributed by atoms with Gasteiger partial charge in [-0.25, -0.2) is 4.68 Å². The highest BCUT2D eigenvalue weighted by Crippen LogP contribution is 2.32. The minimum absolute atomic E-state index is 0.441. The number of amides is 1. The van der Waals surface area contributed by atoms with Gasteiger partial charge >= 0.3 is 0 Å². The van der Waals surface area contributed by atoms with Crippen molar-refractivity contribution in [2.24, 2.45) is 5.73 Å². The summed E-state index contributed by atoms with van der Waals surface area (Å²) in [5.74, 6) is 1.72. The Morgan fingerprint density at radius 3 is 2.23 bits per heavy atom. The van der Waals surface area contributed by atoms with Crippen LogP contribution in [0.4, 0.5) is 5.82 Å². The van der Waals surface area contributed by atoms with Crippen LogP contribution in [0.2, 0.25) is 0 Å². The molecule has 2 aromatic carbocycles. The van der Waals surface area contributed by atoms with Gasteiger partial charge in [0.15, 0.2) is 0 Å². The summed E-state index contributed by atoms with van der Waals surface area (Å²) in [6.45, 7) is 4.09. The van der Waals surface area contributed by atoms with Gasteiger partial charge < -0.3 is 21.1 Å². The Bertz CT molecular complexity index is 983. The molecule has 1 amide bonds. The predicted octanol–water partition coefficient (Wildman–Crippen LogP) is 4.02. The van der Waals surface area contributed by atoms with E-state index < -0.39 is 5.91 Å². The number of piperidine rings is 1. The molecule has 7 heteroatoms. The zero-order chi connectivity index (χ0) is 21.5. The SMILES string of the molecule is C1CCNCC1.NC(=O)c1c(-c2ccc(Oc3ccccc3)cc2)nn2c1NCCC2. The number of ether oxygens (including phenoxy) is 1. The van der Waals surface area contributed by atoms with Gasteiger partial charge in [-0.3, -0.25) is 4.79 Å². The van der Waals surface area contributed by atoms with Crippen LogP contribution in [-0.2, 0) is 6.54 Å². The zero-order valence-electron chi connectivity index (χ0n) is 17.6. The Morgan fingerprint density at radius 2 is 1.61 bits per heavy atom. The van der Waals surface area contributed by atoms with Crippen molar-refractivity contribution in [2.75, 3.05) is 25.0 Å². The molecule has 1 saturated heterocycles. The Kier molecular flexibility index (Phi) is 6.84. The van der Waals surface area contributed by atoms with Crippen molar-refractivity contribution in [1.29, 1.82) is 0 Å². The average Bonchev–Trinajstić information content (AvgIpc) is 3.22. The lowest BCUT2D eigenvalue weighted by Crippen LogP contribution is -2.21. The number of fused-ring (bicyclic) bond motifs is 1. The highest BCUT2D eigenvalue weighted by molar-refractivity contribution is 6.03. The first-order chi connectivity index (χ1) is 15.2. The average molecular weight is 420 g/mol. The second-order valence-electron chi connectivity index (χ2n) is 7.69. The molecule has 3 aromatic rings. The minimum atomic E-state index is -0.477. The number of carbonyl (C=O) groups is 1. The van der Waals surface area contributed by atoms with E-state index >= 15 is 0 Å². The number of aryl methyl sites for hydroxylation is 1. The molecular formula is C24H29N5O2. The van der Waals surface area contributed by atoms with Gasteiger partial charge in [0, 0.05) is 18.7 Å². The molecule has 31 heavy (non-hydrogen) atoms. The topological polar surface area (TPSA) is 94.2 Å². The first kappa shape index (κ1) is 20.9. The summed E-state index contributed by atoms with van der Waals surface area (Å²) in [7, 11) is 0. The molecule has 0 atom stereocenters. The Morgan fingerprint density at radius 1 is 0.903 bits per heavy atom. The molecule has 0 aliphatic carbocycles. The number of anilines is 1. The number of primary amides is 1. The van der Waals surface area contributed by atoms with Crippen LogP contribution in [-0.4, -0.2) is 35.3 Å². The lowest BCUT2D eigenvalue weighted by atomic mass is 10.1. The van der Waals surface area contributed by atoms with E-state index in [0.717, 1.165) is 36.6 Å². The molecule has 1 aromatic heterocycles. The maximum absolute atomic E-state index is 11.9. The summed E-state index contributed by atoms with van der Waals surface area (Å²) >= 11 is 0. The van der Waals surface area contributed by atoms with Crippen molar-refractivity contribution in [3.8, 4) is 22.8 Å². The number of nitrogens with zero attached hydrogens (tertiary/aromatic N) is 2. The summed E-state index contributed by atoms with van der Waals surface area (Å²) in [5.41, 5.74) is 7.47. The van der Waals surface area contributed by atoms with E-state index in [9.17, 15) is 4.79 Å². The van der Waals surface area contributed by atoms with Crippen LogP contribution in [0.1, 0.15) is 36.0 Å². The molecule has 5 rings (SSSR count). The second kappa shape index (κ2) is 10.1. The van der Waals surface area contributed by atoms with Crippen LogP contribution >= 0.6 is 0 Å². The van der Waals surface area contributed by atoms with Gasteiger partial charge in [0.05, 0.1) is 0 Å². The van der Waals surface area contributed by atoms with Gasteiger partial charge in [-0.1, -0.05) is 24.6 Å². The Labute approximate surface area is 182 Å². The lowest BCUT2D eigenvalue weighted by Gasteiger charge is -2.15. The first-order valence-corrected chi connectivity index (χ1v) is 10.9. The van der Waals surface area contributed by atoms with E-state index in [-0.39, 0.29) is 0 Å². The normalized spacial score (nSPS) is 15.1. The summed E-state index contributed by atoms with van der Waals surface area (Å²) < 4.78 is 7.61. The number of benzene rings is 2. The van der Waals surface area contributed by atoms with Gasteiger partial charge in [-0.2, -0.15) is 5.10 Å². The molecule has 4 N–H and O–H groups in total. The van der Waals surface area contributed by atoms with E-state index in [1.165, 1.54) is 32.4 Å². The third-order valence-corrected chi connectivity index (χ3v) is 5.35. The van der Waals surface area contributed by atoms with E-state index in [2.05, 4.69) is 15.7 Å². The summed E-state index contributed by atoms with van der Waals surface area (Å²) in [6, 6.07) is 17.1. The summed E-state index contributed by atoms with van der Waals surface area (Å²) in [6.07, 6.45) is 5.18. The molecule has 2 aliphatic rings. The molecule has 162 valence electrons. The van der Waals surface area contributed by atoms with E-state index in [1.807, 2.05) is 59.3 Å². The fourth-order valence-electron chi connectivity index (χ4n) is 3.78. The van der Waals surface area contributed by atoms with Crippen molar-refractivity contribution in [1.82, 2.24) is 15.1 Å². The van der Waals surface area contributed by atoms with Crippen molar-refractivity contribution in [3.63, 3.8) is 0 Å². The molecule has 3 heterocycles. The van der Waals surface area contributed by atoms with E-state index in [4.69, 9.17) is 10.5 Å². The fraction of sp³-hybridized carbons (Fsp3) is 0.333. The largest absolute Gasteiger partial charge is 0.457 e. The van der Waals surface area contributed by atoms with Crippen LogP contribution in [0.25, 0.3) is 11.3 Å². The van der Waals surface area contributed by atoms with Gasteiger partial charge in [-0.05, 0) is 68.8 Å². The van der Waals surface area contributed by atoms with Crippen molar-refractivity contribution in [3.05, 3.63) is 60.2 Å². The molecular weight excluding hydrogens is 390 g/mol. The maximum Gasteiger partial charge on any atom is 0.254 e. The number of nitrogens with one attached hydrogen (secondary N) is 2. The molecule has 0 unspecified atom stereocenters. The number of hydrogen-bond acceptors (Lipinski definition) is 5. The smallest absolute Gasteiger partial charge is 0.254 e. The number of hydrogen-bond donors (Lipinski definition) is 3. The molecule has 0 spiro atoms. The summed E-state index contributed by atoms with van der Waals surface area (Å²) in [5, 5.41) is 11.1. The van der Waals surface area contributed by atoms with Crippen molar-refractivity contribution < 1.29 is 9.53 Å². The fourth-order valence-corrected chi connectivity index (χ4v) is 3.78. The molecule has 2 aliphatic heterocycles. The van der Waals surface area contributed by atoms with E-state index in [1.54, 1.807) is 0 Å². The van der Waals surface area contributed by atoms with Crippen LogP contribution < -0.4 is 21.1 Å². The first-order valence-electron chi connectivity index (χ1n) is 10.9. The third kappa shape index (κ3) is 5.24. The van der Waals surface area contributed by atoms with Crippen LogP contribution in [0.15, 0.2) is 54.6 Å². The predicted molar refractivity (Wildman–Crippen MR) is 123 cm³/mol. The van der Waals surface area contributed by atoms with Gasteiger partial charge in [0.2, 0.25) is 0 Å². The monoisotopic (exact) mass is 419 g/mol. The maximum atomic E-state index is 11.9. The second-order valence-corrected chi connectivity index (χ2v) is 7.69. The molecule has 1 fully saturated rings. The number of aromatic nitrogens is 2. The van der Waals surface area contributed by atoms with Gasteiger partial charge in [0.25, 0.3) is 5.91 Å². The van der Waals surface area contributed by atoms with Crippen LogP contribution in [0.3, 0.4) is 0 Å². The summed E-state index contributed by atoms with van der Waals surface area (Å²) in [4.78, 5) is 11.9. The minimum Gasteiger partial charge on any atom is -0.457 e. The number of carbonyl (C=O) groups excluding carboxylic acids is 1. The molecule has 0 radical (unpaired) electrons. The van der Waals surface area contributed by atoms with Crippen molar-refractivity contribution in [2.45, 2.75) is 32.2 Å². The highest BCUT2D eigenvalue weighted by Gasteiger charge is 2.24. The van der Waals surface area contributed by atoms with Gasteiger partial charge in [-0.15, -0.1) is 0 Å². The molecule has 7 nitrogen and oxygen atoms in total. The van der Waals surface area contributed by atoms with Gasteiger partial charge in [0.1, 0.15) is 28.6 Å².